The van der Waals surface area contributed by atoms with E-state index < -0.39 is 0 Å². The number of rotatable bonds is 1. The van der Waals surface area contributed by atoms with Gasteiger partial charge in [-0.1, -0.05) is 5.16 Å². The molecule has 0 bridgehead atoms. The fourth-order valence-electron chi connectivity index (χ4n) is 0.376. The Morgan fingerprint density at radius 3 is 3.11 bits per heavy atom. The summed E-state index contributed by atoms with van der Waals surface area (Å²) in [6.07, 6.45) is 1.29. The van der Waals surface area contributed by atoms with Gasteiger partial charge >= 0.3 is 0 Å². The summed E-state index contributed by atoms with van der Waals surface area (Å²) in [5, 5.41) is 13.4. The second-order valence-electron chi connectivity index (χ2n) is 1.25. The second kappa shape index (κ2) is 2.93. The summed E-state index contributed by atoms with van der Waals surface area (Å²) in [6.45, 7) is 0. The third-order valence-electron chi connectivity index (χ3n) is 0.662. The first-order valence-corrected chi connectivity index (χ1v) is 3.78. The van der Waals surface area contributed by atoms with Crippen molar-refractivity contribution in [2.24, 2.45) is 5.16 Å². The molecule has 0 aliphatic carbocycles. The monoisotopic (exact) mass is 206 g/mol. The van der Waals surface area contributed by atoms with Crippen LogP contribution >= 0.6 is 27.3 Å². The molecule has 0 unspecified atom stereocenters. The van der Waals surface area contributed by atoms with Crippen LogP contribution in [-0.4, -0.2) is 16.4 Å². The van der Waals surface area contributed by atoms with Gasteiger partial charge in [-0.15, -0.1) is 11.3 Å². The van der Waals surface area contributed by atoms with Crippen molar-refractivity contribution in [3.8, 4) is 0 Å². The predicted octanol–water partition coefficient (Wildman–Crippen LogP) is 1.71. The van der Waals surface area contributed by atoms with E-state index in [1.54, 1.807) is 0 Å². The third-order valence-corrected chi connectivity index (χ3v) is 2.15. The fraction of sp³-hybridized carbons (Fsp3) is 0. The van der Waals surface area contributed by atoms with Gasteiger partial charge < -0.3 is 5.21 Å². The molecule has 0 amide bonds. The normalized spacial score (nSPS) is 10.8. The largest absolute Gasteiger partial charge is 0.411 e. The molecule has 0 saturated heterocycles. The molecule has 5 heteroatoms. The SMILES string of the molecule is O/N=C\c1nc(Br)cs1. The lowest BCUT2D eigenvalue weighted by Gasteiger charge is -1.74. The summed E-state index contributed by atoms with van der Waals surface area (Å²) in [4.78, 5) is 3.93. The molecular weight excluding hydrogens is 204 g/mol. The van der Waals surface area contributed by atoms with E-state index in [-0.39, 0.29) is 0 Å². The highest BCUT2D eigenvalue weighted by atomic mass is 79.9. The highest BCUT2D eigenvalue weighted by Crippen LogP contribution is 2.12. The molecule has 1 aromatic rings. The Kier molecular flexibility index (Phi) is 2.18. The zero-order valence-electron chi connectivity index (χ0n) is 4.28. The van der Waals surface area contributed by atoms with Gasteiger partial charge in [0.25, 0.3) is 0 Å². The lowest BCUT2D eigenvalue weighted by atomic mass is 10.8. The van der Waals surface area contributed by atoms with E-state index in [0.29, 0.717) is 5.01 Å². The number of oxime groups is 1. The number of thiazole rings is 1. The Hall–Kier alpha value is -0.420. The Bertz CT molecular complexity index is 222. The quantitative estimate of drug-likeness (QED) is 0.432. The fourth-order valence-corrected chi connectivity index (χ4v) is 1.49. The first-order valence-electron chi connectivity index (χ1n) is 2.11. The number of hydrogen-bond donors (Lipinski definition) is 1. The maximum atomic E-state index is 8.05. The van der Waals surface area contributed by atoms with E-state index in [1.165, 1.54) is 17.6 Å². The predicted molar refractivity (Wildman–Crippen MR) is 39.2 cm³/mol. The van der Waals surface area contributed by atoms with Gasteiger partial charge in [-0.25, -0.2) is 4.98 Å². The smallest absolute Gasteiger partial charge is 0.139 e. The van der Waals surface area contributed by atoms with Gasteiger partial charge in [0.2, 0.25) is 0 Å². The highest BCUT2D eigenvalue weighted by Gasteiger charge is 1.93. The summed E-state index contributed by atoms with van der Waals surface area (Å²) < 4.78 is 0.766. The first-order chi connectivity index (χ1) is 4.33. The van der Waals surface area contributed by atoms with Crippen molar-refractivity contribution < 1.29 is 5.21 Å². The van der Waals surface area contributed by atoms with Crippen LogP contribution in [0.25, 0.3) is 0 Å². The van der Waals surface area contributed by atoms with E-state index in [9.17, 15) is 0 Å². The minimum atomic E-state index is 0.685. The molecule has 48 valence electrons. The molecule has 0 radical (unpaired) electrons. The van der Waals surface area contributed by atoms with Crippen LogP contribution in [0.2, 0.25) is 0 Å². The highest BCUT2D eigenvalue weighted by molar-refractivity contribution is 9.10. The van der Waals surface area contributed by atoms with Crippen LogP contribution in [0.3, 0.4) is 0 Å². The van der Waals surface area contributed by atoms with E-state index in [0.717, 1.165) is 4.60 Å². The maximum absolute atomic E-state index is 8.05. The first kappa shape index (κ1) is 6.70. The number of hydrogen-bond acceptors (Lipinski definition) is 4. The van der Waals surface area contributed by atoms with E-state index >= 15 is 0 Å². The molecule has 3 nitrogen and oxygen atoms in total. The maximum Gasteiger partial charge on any atom is 0.139 e. The molecule has 0 atom stereocenters. The summed E-state index contributed by atoms with van der Waals surface area (Å²) in [7, 11) is 0. The zero-order valence-corrected chi connectivity index (χ0v) is 6.69. The molecule has 0 aromatic carbocycles. The molecule has 0 aliphatic heterocycles. The minimum absolute atomic E-state index is 0.685. The van der Waals surface area contributed by atoms with Gasteiger partial charge in [0.05, 0.1) is 0 Å². The average Bonchev–Trinajstić information content (AvgIpc) is 2.17. The van der Waals surface area contributed by atoms with Crippen molar-refractivity contribution in [2.45, 2.75) is 0 Å². The Balaban J connectivity index is 2.85. The number of halogens is 1. The van der Waals surface area contributed by atoms with Gasteiger partial charge in [-0.05, 0) is 15.9 Å². The third kappa shape index (κ3) is 1.76. The van der Waals surface area contributed by atoms with Crippen LogP contribution in [-0.2, 0) is 0 Å². The minimum Gasteiger partial charge on any atom is -0.411 e. The topological polar surface area (TPSA) is 45.5 Å². The standard InChI is InChI=1S/C4H3BrN2OS/c5-3-2-9-4(7-3)1-6-8/h1-2,8H/b6-1-. The number of nitrogens with zero attached hydrogens (tertiary/aromatic N) is 2. The molecule has 9 heavy (non-hydrogen) atoms. The molecule has 1 N–H and O–H groups in total. The van der Waals surface area contributed by atoms with Crippen LogP contribution in [0.1, 0.15) is 5.01 Å². The van der Waals surface area contributed by atoms with Crippen molar-refractivity contribution in [3.05, 3.63) is 15.0 Å². The van der Waals surface area contributed by atoms with Gasteiger partial charge in [0, 0.05) is 5.38 Å². The van der Waals surface area contributed by atoms with Gasteiger partial charge in [0.15, 0.2) is 0 Å². The summed E-state index contributed by atoms with van der Waals surface area (Å²) in [6, 6.07) is 0. The van der Waals surface area contributed by atoms with Crippen molar-refractivity contribution in [1.82, 2.24) is 4.98 Å². The lowest BCUT2D eigenvalue weighted by molar-refractivity contribution is 0.322. The molecule has 0 fully saturated rings. The van der Waals surface area contributed by atoms with Crippen LogP contribution in [0.5, 0.6) is 0 Å². The molecule has 0 saturated carbocycles. The Morgan fingerprint density at radius 2 is 2.67 bits per heavy atom. The van der Waals surface area contributed by atoms with Crippen molar-refractivity contribution in [2.75, 3.05) is 0 Å². The van der Waals surface area contributed by atoms with Crippen LogP contribution < -0.4 is 0 Å². The van der Waals surface area contributed by atoms with Crippen LogP contribution in [0.15, 0.2) is 15.1 Å². The summed E-state index contributed by atoms with van der Waals surface area (Å²) >= 11 is 4.56. The summed E-state index contributed by atoms with van der Waals surface area (Å²) in [5.41, 5.74) is 0. The lowest BCUT2D eigenvalue weighted by Crippen LogP contribution is -1.75. The Labute approximate surface area is 64.2 Å². The molecular formula is C4H3BrN2OS. The molecule has 1 aromatic heterocycles. The molecule has 0 aliphatic rings. The summed E-state index contributed by atoms with van der Waals surface area (Å²) in [5.74, 6) is 0. The van der Waals surface area contributed by atoms with Gasteiger partial charge in [0.1, 0.15) is 15.8 Å². The van der Waals surface area contributed by atoms with Crippen molar-refractivity contribution in [3.63, 3.8) is 0 Å². The van der Waals surface area contributed by atoms with Crippen molar-refractivity contribution in [1.29, 1.82) is 0 Å². The van der Waals surface area contributed by atoms with E-state index in [1.807, 2.05) is 5.38 Å². The van der Waals surface area contributed by atoms with Crippen LogP contribution in [0.4, 0.5) is 0 Å². The van der Waals surface area contributed by atoms with Crippen LogP contribution in [0, 0.1) is 0 Å². The van der Waals surface area contributed by atoms with E-state index in [4.69, 9.17) is 5.21 Å². The van der Waals surface area contributed by atoms with Gasteiger partial charge in [-0.3, -0.25) is 0 Å². The molecule has 1 rings (SSSR count). The zero-order chi connectivity index (χ0) is 6.69. The Morgan fingerprint density at radius 1 is 1.89 bits per heavy atom. The molecule has 0 spiro atoms. The number of aromatic nitrogens is 1. The average molecular weight is 207 g/mol. The van der Waals surface area contributed by atoms with E-state index in [2.05, 4.69) is 26.1 Å². The molecule has 1 heterocycles. The van der Waals surface area contributed by atoms with Gasteiger partial charge in [-0.2, -0.15) is 0 Å². The second-order valence-corrected chi connectivity index (χ2v) is 2.96. The van der Waals surface area contributed by atoms with Crippen molar-refractivity contribution >= 4 is 33.5 Å².